The van der Waals surface area contributed by atoms with Gasteiger partial charge >= 0.3 is 0 Å². The largest absolute Gasteiger partial charge is 0.308 e. The Morgan fingerprint density at radius 1 is 1.00 bits per heavy atom. The van der Waals surface area contributed by atoms with Crippen LogP contribution in [0.4, 0.5) is 0 Å². The first-order chi connectivity index (χ1) is 6.90. The third-order valence-electron chi connectivity index (χ3n) is 3.26. The van der Waals surface area contributed by atoms with Crippen LogP contribution in [0.15, 0.2) is 0 Å². The second-order valence-electron chi connectivity index (χ2n) is 6.17. The normalized spacial score (nSPS) is 29.2. The Labute approximate surface area is 95.4 Å². The van der Waals surface area contributed by atoms with Gasteiger partial charge in [-0.2, -0.15) is 0 Å². The van der Waals surface area contributed by atoms with E-state index < -0.39 is 0 Å². The van der Waals surface area contributed by atoms with Crippen molar-refractivity contribution in [3.63, 3.8) is 0 Å². The highest BCUT2D eigenvalue weighted by Crippen LogP contribution is 2.22. The molecule has 1 rings (SSSR count). The van der Waals surface area contributed by atoms with Crippen LogP contribution in [0.2, 0.25) is 0 Å². The zero-order valence-electron chi connectivity index (χ0n) is 11.1. The van der Waals surface area contributed by atoms with Crippen LogP contribution in [0.25, 0.3) is 0 Å². The van der Waals surface area contributed by atoms with Gasteiger partial charge in [0.1, 0.15) is 0 Å². The van der Waals surface area contributed by atoms with E-state index in [0.29, 0.717) is 12.1 Å². The minimum absolute atomic E-state index is 0.239. The van der Waals surface area contributed by atoms with Crippen molar-refractivity contribution in [2.75, 3.05) is 14.1 Å². The average molecular weight is 212 g/mol. The Morgan fingerprint density at radius 2 is 1.60 bits per heavy atom. The van der Waals surface area contributed by atoms with E-state index in [1.54, 1.807) is 0 Å². The molecule has 0 aliphatic heterocycles. The molecule has 0 unspecified atom stereocenters. The Balaban J connectivity index is 2.62. The summed E-state index contributed by atoms with van der Waals surface area (Å²) in [7, 11) is 4.43. The van der Waals surface area contributed by atoms with Crippen LogP contribution in [0.3, 0.4) is 0 Å². The number of nitrogens with zero attached hydrogens (tertiary/aromatic N) is 1. The summed E-state index contributed by atoms with van der Waals surface area (Å²) in [6.07, 6.45) is 6.87. The number of likely N-dealkylation sites (N-methyl/N-ethyl adjacent to an activating group) is 1. The van der Waals surface area contributed by atoms with Crippen molar-refractivity contribution in [3.8, 4) is 0 Å². The van der Waals surface area contributed by atoms with Gasteiger partial charge in [-0.1, -0.05) is 19.3 Å². The smallest absolute Gasteiger partial charge is 0.0243 e. The van der Waals surface area contributed by atoms with Crippen LogP contribution in [0, 0.1) is 0 Å². The number of hydrogen-bond acceptors (Lipinski definition) is 2. The molecule has 2 heteroatoms. The molecular weight excluding hydrogens is 184 g/mol. The summed E-state index contributed by atoms with van der Waals surface area (Å²) in [6, 6.07) is 1.38. The molecule has 2 nitrogen and oxygen atoms in total. The summed E-state index contributed by atoms with van der Waals surface area (Å²) in [4.78, 5) is 2.40. The fourth-order valence-corrected chi connectivity index (χ4v) is 2.63. The minimum Gasteiger partial charge on any atom is -0.308 e. The summed E-state index contributed by atoms with van der Waals surface area (Å²) in [5.41, 5.74) is 0.239. The van der Waals surface area contributed by atoms with Crippen molar-refractivity contribution in [2.45, 2.75) is 70.5 Å². The van der Waals surface area contributed by atoms with Gasteiger partial charge in [0.2, 0.25) is 0 Å². The van der Waals surface area contributed by atoms with Gasteiger partial charge in [-0.15, -0.1) is 0 Å². The Morgan fingerprint density at radius 3 is 2.13 bits per heavy atom. The van der Waals surface area contributed by atoms with E-state index in [0.717, 1.165) is 0 Å². The first-order valence-corrected chi connectivity index (χ1v) is 6.34. The quantitative estimate of drug-likeness (QED) is 0.708. The van der Waals surface area contributed by atoms with Crippen molar-refractivity contribution in [1.82, 2.24) is 10.2 Å². The van der Waals surface area contributed by atoms with Gasteiger partial charge in [-0.25, -0.2) is 0 Å². The summed E-state index contributed by atoms with van der Waals surface area (Å²) >= 11 is 0. The van der Waals surface area contributed by atoms with Crippen molar-refractivity contribution >= 4 is 0 Å². The molecule has 1 aliphatic rings. The molecule has 2 atom stereocenters. The monoisotopic (exact) mass is 212 g/mol. The first kappa shape index (κ1) is 13.0. The molecule has 1 saturated carbocycles. The molecule has 0 aromatic rings. The fraction of sp³-hybridized carbons (Fsp3) is 1.00. The lowest BCUT2D eigenvalue weighted by molar-refractivity contribution is 0.191. The van der Waals surface area contributed by atoms with E-state index in [1.165, 1.54) is 32.1 Å². The maximum atomic E-state index is 3.79. The van der Waals surface area contributed by atoms with Crippen molar-refractivity contribution in [2.24, 2.45) is 0 Å². The third kappa shape index (κ3) is 4.52. The van der Waals surface area contributed by atoms with Gasteiger partial charge in [0.15, 0.2) is 0 Å². The molecule has 0 aromatic carbocycles. The molecular formula is C13H28N2. The van der Waals surface area contributed by atoms with Gasteiger partial charge < -0.3 is 10.2 Å². The van der Waals surface area contributed by atoms with Gasteiger partial charge in [0.25, 0.3) is 0 Å². The maximum absolute atomic E-state index is 3.79. The second-order valence-corrected chi connectivity index (χ2v) is 6.17. The molecule has 0 spiro atoms. The number of rotatable bonds is 2. The van der Waals surface area contributed by atoms with Crippen LogP contribution >= 0.6 is 0 Å². The molecule has 15 heavy (non-hydrogen) atoms. The molecule has 0 heterocycles. The molecule has 0 aromatic heterocycles. The Bertz CT molecular complexity index is 181. The lowest BCUT2D eigenvalue weighted by atomic mass is 9.98. The highest BCUT2D eigenvalue weighted by atomic mass is 15.2. The summed E-state index contributed by atoms with van der Waals surface area (Å²) < 4.78 is 0. The minimum atomic E-state index is 0.239. The standard InChI is InChI=1S/C13H28N2/c1-13(2,3)14-11-9-7-6-8-10-12(11)15(4)5/h11-12,14H,6-10H2,1-5H3/t11-,12-/m1/s1. The van der Waals surface area contributed by atoms with Crippen LogP contribution < -0.4 is 5.32 Å². The second kappa shape index (κ2) is 5.31. The first-order valence-electron chi connectivity index (χ1n) is 6.34. The van der Waals surface area contributed by atoms with Gasteiger partial charge in [-0.05, 0) is 47.7 Å². The Kier molecular flexibility index (Phi) is 4.60. The van der Waals surface area contributed by atoms with Gasteiger partial charge in [0, 0.05) is 17.6 Å². The lowest BCUT2D eigenvalue weighted by Gasteiger charge is -2.36. The zero-order valence-corrected chi connectivity index (χ0v) is 11.1. The maximum Gasteiger partial charge on any atom is 0.0243 e. The SMILES string of the molecule is CN(C)[C@@H]1CCCCC[C@H]1NC(C)(C)C. The Hall–Kier alpha value is -0.0800. The number of nitrogens with one attached hydrogen (secondary N) is 1. The average Bonchev–Trinajstić information content (AvgIpc) is 2.26. The summed E-state index contributed by atoms with van der Waals surface area (Å²) in [5.74, 6) is 0. The molecule has 1 N–H and O–H groups in total. The van der Waals surface area contributed by atoms with E-state index in [-0.39, 0.29) is 5.54 Å². The van der Waals surface area contributed by atoms with E-state index in [2.05, 4.69) is 45.1 Å². The molecule has 0 radical (unpaired) electrons. The van der Waals surface area contributed by atoms with Gasteiger partial charge in [-0.3, -0.25) is 0 Å². The van der Waals surface area contributed by atoms with Crippen molar-refractivity contribution < 1.29 is 0 Å². The summed E-state index contributed by atoms with van der Waals surface area (Å²) in [6.45, 7) is 6.81. The van der Waals surface area contributed by atoms with E-state index in [1.807, 2.05) is 0 Å². The molecule has 1 fully saturated rings. The van der Waals surface area contributed by atoms with Crippen LogP contribution in [0.5, 0.6) is 0 Å². The third-order valence-corrected chi connectivity index (χ3v) is 3.26. The van der Waals surface area contributed by atoms with E-state index >= 15 is 0 Å². The van der Waals surface area contributed by atoms with E-state index in [9.17, 15) is 0 Å². The predicted molar refractivity (Wildman–Crippen MR) is 67.2 cm³/mol. The molecule has 1 aliphatic carbocycles. The topological polar surface area (TPSA) is 15.3 Å². The van der Waals surface area contributed by atoms with Crippen LogP contribution in [-0.2, 0) is 0 Å². The molecule has 0 bridgehead atoms. The molecule has 0 saturated heterocycles. The number of hydrogen-bond donors (Lipinski definition) is 1. The fourth-order valence-electron chi connectivity index (χ4n) is 2.63. The highest BCUT2D eigenvalue weighted by Gasteiger charge is 2.27. The predicted octanol–water partition coefficient (Wildman–Crippen LogP) is 2.64. The van der Waals surface area contributed by atoms with Gasteiger partial charge in [0.05, 0.1) is 0 Å². The zero-order chi connectivity index (χ0) is 11.5. The van der Waals surface area contributed by atoms with Crippen molar-refractivity contribution in [3.05, 3.63) is 0 Å². The highest BCUT2D eigenvalue weighted by molar-refractivity contribution is 4.88. The lowest BCUT2D eigenvalue weighted by Crippen LogP contribution is -2.53. The van der Waals surface area contributed by atoms with E-state index in [4.69, 9.17) is 0 Å². The van der Waals surface area contributed by atoms with Crippen LogP contribution in [-0.4, -0.2) is 36.6 Å². The van der Waals surface area contributed by atoms with Crippen LogP contribution in [0.1, 0.15) is 52.9 Å². The molecule has 0 amide bonds. The van der Waals surface area contributed by atoms with Crippen molar-refractivity contribution in [1.29, 1.82) is 0 Å². The summed E-state index contributed by atoms with van der Waals surface area (Å²) in [5, 5.41) is 3.79. The molecule has 90 valence electrons.